The zero-order chi connectivity index (χ0) is 10.3. The van der Waals surface area contributed by atoms with Gasteiger partial charge in [0.1, 0.15) is 11.6 Å². The van der Waals surface area contributed by atoms with Crippen molar-refractivity contribution in [3.63, 3.8) is 0 Å². The number of nitrogens with zero attached hydrogens (tertiary/aromatic N) is 2. The number of anilines is 1. The molecule has 1 unspecified atom stereocenters. The van der Waals surface area contributed by atoms with E-state index >= 15 is 0 Å². The van der Waals surface area contributed by atoms with E-state index < -0.39 is 0 Å². The molecule has 1 atom stereocenters. The van der Waals surface area contributed by atoms with Gasteiger partial charge in [-0.3, -0.25) is 0 Å². The van der Waals surface area contributed by atoms with Crippen molar-refractivity contribution >= 4 is 28.4 Å². The van der Waals surface area contributed by atoms with Crippen LogP contribution < -0.4 is 5.32 Å². The predicted octanol–water partition coefficient (Wildman–Crippen LogP) is 2.64. The Hall–Kier alpha value is -0.390. The molecule has 0 radical (unpaired) electrons. The highest BCUT2D eigenvalue weighted by molar-refractivity contribution is 14.1. The van der Waals surface area contributed by atoms with E-state index in [0.29, 0.717) is 11.3 Å². The largest absolute Gasteiger partial charge is 0.372 e. The lowest BCUT2D eigenvalue weighted by molar-refractivity contribution is 0.608. The fraction of sp³-hybridized carbons (Fsp3) is 0.600. The van der Waals surface area contributed by atoms with Crippen molar-refractivity contribution in [1.82, 2.24) is 9.97 Å². The summed E-state index contributed by atoms with van der Waals surface area (Å²) in [6.07, 6.45) is 3.10. The van der Waals surface area contributed by atoms with Gasteiger partial charge in [0.25, 0.3) is 0 Å². The van der Waals surface area contributed by atoms with Crippen molar-refractivity contribution in [2.75, 3.05) is 12.4 Å². The van der Waals surface area contributed by atoms with Crippen LogP contribution in [-0.2, 0) is 0 Å². The van der Waals surface area contributed by atoms with E-state index in [9.17, 15) is 0 Å². The maximum absolute atomic E-state index is 4.52. The first-order chi connectivity index (χ1) is 6.54. The number of nitrogens with one attached hydrogen (secondary N) is 1. The monoisotopic (exact) mass is 303 g/mol. The Labute approximate surface area is 97.9 Å². The maximum Gasteiger partial charge on any atom is 0.142 e. The second-order valence-corrected chi connectivity index (χ2v) is 5.58. The van der Waals surface area contributed by atoms with Gasteiger partial charge in [-0.1, -0.05) is 13.8 Å². The molecule has 76 valence electrons. The van der Waals surface area contributed by atoms with Crippen molar-refractivity contribution in [3.05, 3.63) is 15.6 Å². The zero-order valence-corrected chi connectivity index (χ0v) is 10.8. The van der Waals surface area contributed by atoms with Gasteiger partial charge < -0.3 is 5.32 Å². The smallest absolute Gasteiger partial charge is 0.142 e. The summed E-state index contributed by atoms with van der Waals surface area (Å²) in [6, 6.07) is 0. The number of hydrogen-bond donors (Lipinski definition) is 1. The average Bonchev–Trinajstić information content (AvgIpc) is 2.76. The number of rotatable bonds is 2. The van der Waals surface area contributed by atoms with Crippen LogP contribution in [0.4, 0.5) is 5.82 Å². The minimum absolute atomic E-state index is 0.401. The van der Waals surface area contributed by atoms with E-state index in [1.54, 1.807) is 0 Å². The Balaban J connectivity index is 2.29. The molecule has 1 heterocycles. The summed E-state index contributed by atoms with van der Waals surface area (Å²) in [7, 11) is 1.90. The van der Waals surface area contributed by atoms with E-state index in [1.807, 2.05) is 13.2 Å². The number of halogens is 1. The van der Waals surface area contributed by atoms with Gasteiger partial charge >= 0.3 is 0 Å². The Kier molecular flexibility index (Phi) is 2.41. The molecule has 1 saturated carbocycles. The van der Waals surface area contributed by atoms with E-state index in [4.69, 9.17) is 0 Å². The van der Waals surface area contributed by atoms with E-state index in [1.165, 1.54) is 6.42 Å². The molecule has 0 aliphatic heterocycles. The molecular formula is C10H14IN3. The van der Waals surface area contributed by atoms with Gasteiger partial charge in [0.2, 0.25) is 0 Å². The van der Waals surface area contributed by atoms with Gasteiger partial charge in [-0.2, -0.15) is 0 Å². The van der Waals surface area contributed by atoms with E-state index in [2.05, 4.69) is 51.7 Å². The summed E-state index contributed by atoms with van der Waals surface area (Å²) >= 11 is 2.24. The molecule has 1 aromatic heterocycles. The van der Waals surface area contributed by atoms with Gasteiger partial charge in [-0.25, -0.2) is 9.97 Å². The maximum atomic E-state index is 4.52. The Morgan fingerprint density at radius 3 is 2.71 bits per heavy atom. The fourth-order valence-electron chi connectivity index (χ4n) is 1.63. The molecule has 1 aliphatic rings. The van der Waals surface area contributed by atoms with Gasteiger partial charge in [-0.15, -0.1) is 0 Å². The molecule has 0 aromatic carbocycles. The Bertz CT molecular complexity index is 362. The fourth-order valence-corrected chi connectivity index (χ4v) is 2.16. The molecule has 4 heteroatoms. The first-order valence-corrected chi connectivity index (χ1v) is 5.82. The minimum atomic E-state index is 0.401. The lowest BCUT2D eigenvalue weighted by Crippen LogP contribution is -2.03. The van der Waals surface area contributed by atoms with Crippen LogP contribution in [0.25, 0.3) is 0 Å². The van der Waals surface area contributed by atoms with Crippen LogP contribution >= 0.6 is 22.6 Å². The highest BCUT2D eigenvalue weighted by Gasteiger charge is 2.48. The molecule has 0 saturated heterocycles. The molecule has 0 bridgehead atoms. The second kappa shape index (κ2) is 3.32. The topological polar surface area (TPSA) is 37.8 Å². The number of hydrogen-bond acceptors (Lipinski definition) is 3. The van der Waals surface area contributed by atoms with Crippen molar-refractivity contribution in [1.29, 1.82) is 0 Å². The standard InChI is InChI=1S/C10H14IN3/c1-10(2)4-6(10)8-13-5-7(11)9(12-3)14-8/h5-6H,4H2,1-3H3,(H,12,13,14). The SMILES string of the molecule is CNc1nc(C2CC2(C)C)ncc1I. The quantitative estimate of drug-likeness (QED) is 0.854. The third kappa shape index (κ3) is 1.71. The van der Waals surface area contributed by atoms with Crippen LogP contribution in [0.15, 0.2) is 6.20 Å². The summed E-state index contributed by atoms with van der Waals surface area (Å²) in [5.74, 6) is 2.48. The lowest BCUT2D eigenvalue weighted by atomic mass is 10.1. The van der Waals surface area contributed by atoms with E-state index in [0.717, 1.165) is 15.2 Å². The van der Waals surface area contributed by atoms with Gasteiger partial charge in [-0.05, 0) is 34.4 Å². The van der Waals surface area contributed by atoms with Crippen molar-refractivity contribution < 1.29 is 0 Å². The predicted molar refractivity (Wildman–Crippen MR) is 65.4 cm³/mol. The Morgan fingerprint density at radius 1 is 1.57 bits per heavy atom. The number of aromatic nitrogens is 2. The molecule has 1 fully saturated rings. The molecule has 2 rings (SSSR count). The lowest BCUT2D eigenvalue weighted by Gasteiger charge is -2.06. The molecule has 1 N–H and O–H groups in total. The third-order valence-corrected chi connectivity index (χ3v) is 3.61. The second-order valence-electron chi connectivity index (χ2n) is 4.42. The van der Waals surface area contributed by atoms with Crippen molar-refractivity contribution in [2.24, 2.45) is 5.41 Å². The van der Waals surface area contributed by atoms with Gasteiger partial charge in [0, 0.05) is 19.2 Å². The van der Waals surface area contributed by atoms with Crippen LogP contribution in [0.5, 0.6) is 0 Å². The minimum Gasteiger partial charge on any atom is -0.372 e. The van der Waals surface area contributed by atoms with Crippen LogP contribution in [0.2, 0.25) is 0 Å². The molecular weight excluding hydrogens is 289 g/mol. The summed E-state index contributed by atoms with van der Waals surface area (Å²) < 4.78 is 1.08. The van der Waals surface area contributed by atoms with E-state index in [-0.39, 0.29) is 0 Å². The highest BCUT2D eigenvalue weighted by Crippen LogP contribution is 2.57. The summed E-state index contributed by atoms with van der Waals surface area (Å²) in [6.45, 7) is 4.52. The zero-order valence-electron chi connectivity index (χ0n) is 8.63. The summed E-state index contributed by atoms with van der Waals surface area (Å²) in [5.41, 5.74) is 0.401. The first-order valence-electron chi connectivity index (χ1n) is 4.75. The van der Waals surface area contributed by atoms with Crippen molar-refractivity contribution in [2.45, 2.75) is 26.2 Å². The Morgan fingerprint density at radius 2 is 2.21 bits per heavy atom. The summed E-state index contributed by atoms with van der Waals surface area (Å²) in [4.78, 5) is 8.90. The van der Waals surface area contributed by atoms with Crippen LogP contribution in [0.1, 0.15) is 32.0 Å². The van der Waals surface area contributed by atoms with Crippen LogP contribution in [-0.4, -0.2) is 17.0 Å². The molecule has 1 aromatic rings. The summed E-state index contributed by atoms with van der Waals surface area (Å²) in [5, 5.41) is 3.09. The molecule has 0 amide bonds. The third-order valence-electron chi connectivity index (χ3n) is 2.82. The van der Waals surface area contributed by atoms with Crippen LogP contribution in [0.3, 0.4) is 0 Å². The molecule has 0 spiro atoms. The van der Waals surface area contributed by atoms with Gasteiger partial charge in [0.15, 0.2) is 0 Å². The van der Waals surface area contributed by atoms with Crippen LogP contribution in [0, 0.1) is 8.99 Å². The normalized spacial score (nSPS) is 23.3. The van der Waals surface area contributed by atoms with Crippen molar-refractivity contribution in [3.8, 4) is 0 Å². The molecule has 3 nitrogen and oxygen atoms in total. The highest BCUT2D eigenvalue weighted by atomic mass is 127. The average molecular weight is 303 g/mol. The molecule has 14 heavy (non-hydrogen) atoms. The molecule has 1 aliphatic carbocycles. The van der Waals surface area contributed by atoms with Gasteiger partial charge in [0.05, 0.1) is 3.57 Å². The first kappa shape index (κ1) is 10.1.